The topological polar surface area (TPSA) is 111 Å². The molecule has 0 saturated carbocycles. The van der Waals surface area contributed by atoms with Crippen molar-refractivity contribution in [3.8, 4) is 0 Å². The summed E-state index contributed by atoms with van der Waals surface area (Å²) >= 11 is 0. The molecule has 9 nitrogen and oxygen atoms in total. The van der Waals surface area contributed by atoms with Crippen molar-refractivity contribution in [3.05, 3.63) is 60.8 Å². The Morgan fingerprint density at radius 1 is 0.467 bits per heavy atom. The van der Waals surface area contributed by atoms with Crippen molar-refractivity contribution in [1.82, 2.24) is 5.32 Å². The van der Waals surface area contributed by atoms with E-state index in [0.717, 1.165) is 96.3 Å². The average molecular weight is 1070 g/mol. The molecule has 0 saturated heterocycles. The van der Waals surface area contributed by atoms with E-state index in [1.165, 1.54) is 161 Å². The Labute approximate surface area is 464 Å². The molecule has 438 valence electrons. The molecule has 1 amide bonds. The molecular formula is C65H122N2O7P+. The first kappa shape index (κ1) is 72.7. The number of nitrogens with one attached hydrogen (secondary N) is 1. The molecule has 0 aliphatic rings. The first-order valence-corrected chi connectivity index (χ1v) is 33.1. The van der Waals surface area contributed by atoms with Gasteiger partial charge in [-0.25, -0.2) is 4.57 Å². The maximum atomic E-state index is 13.6. The number of hydrogen-bond acceptors (Lipinski definition) is 6. The number of allylic oxidation sites excluding steroid dienone is 9. The Hall–Kier alpha value is -2.29. The summed E-state index contributed by atoms with van der Waals surface area (Å²) in [7, 11) is 1.49. The van der Waals surface area contributed by atoms with Crippen LogP contribution in [0.15, 0.2) is 60.8 Å². The fourth-order valence-corrected chi connectivity index (χ4v) is 9.78. The highest BCUT2D eigenvalue weighted by atomic mass is 31.2. The number of ether oxygens (including phenoxy) is 1. The number of unbranched alkanes of at least 4 members (excludes halogenated alkanes) is 33. The number of hydrogen-bond donors (Lipinski definition) is 2. The molecule has 0 bridgehead atoms. The first-order chi connectivity index (χ1) is 36.4. The van der Waals surface area contributed by atoms with Gasteiger partial charge in [0.15, 0.2) is 0 Å². The summed E-state index contributed by atoms with van der Waals surface area (Å²) in [5.41, 5.74) is 0. The zero-order valence-electron chi connectivity index (χ0n) is 50.0. The van der Waals surface area contributed by atoms with Crippen LogP contribution in [0.3, 0.4) is 0 Å². The number of carbonyl (C=O) groups is 2. The average Bonchev–Trinajstić information content (AvgIpc) is 3.37. The van der Waals surface area contributed by atoms with Gasteiger partial charge < -0.3 is 19.4 Å². The smallest absolute Gasteiger partial charge is 0.456 e. The van der Waals surface area contributed by atoms with Gasteiger partial charge in [0.25, 0.3) is 0 Å². The maximum absolute atomic E-state index is 13.6. The molecule has 2 N–H and O–H groups in total. The van der Waals surface area contributed by atoms with E-state index in [1.807, 2.05) is 33.3 Å². The van der Waals surface area contributed by atoms with Crippen LogP contribution in [0.1, 0.15) is 290 Å². The fraction of sp³-hybridized carbons (Fsp3) is 0.815. The lowest BCUT2D eigenvalue weighted by molar-refractivity contribution is -0.870. The van der Waals surface area contributed by atoms with E-state index in [-0.39, 0.29) is 31.5 Å². The number of amides is 1. The molecule has 0 rings (SSSR count). The highest BCUT2D eigenvalue weighted by Gasteiger charge is 2.30. The molecule has 0 aromatic rings. The molecule has 10 heteroatoms. The van der Waals surface area contributed by atoms with Crippen LogP contribution in [0.2, 0.25) is 0 Å². The number of esters is 1. The lowest BCUT2D eigenvalue weighted by atomic mass is 10.0. The van der Waals surface area contributed by atoms with Crippen molar-refractivity contribution < 1.29 is 37.3 Å². The van der Waals surface area contributed by atoms with Crippen LogP contribution in [0.5, 0.6) is 0 Å². The molecule has 0 fully saturated rings. The third-order valence-electron chi connectivity index (χ3n) is 14.0. The number of phosphoric ester groups is 1. The summed E-state index contributed by atoms with van der Waals surface area (Å²) in [5, 5.41) is 3.05. The van der Waals surface area contributed by atoms with Crippen molar-refractivity contribution >= 4 is 19.7 Å². The predicted molar refractivity (Wildman–Crippen MR) is 323 cm³/mol. The summed E-state index contributed by atoms with van der Waals surface area (Å²) in [4.78, 5) is 37.7. The van der Waals surface area contributed by atoms with Crippen LogP contribution in [-0.4, -0.2) is 74.3 Å². The minimum atomic E-state index is -4.45. The minimum absolute atomic E-state index is 0.0361. The third kappa shape index (κ3) is 56.2. The Morgan fingerprint density at radius 3 is 1.24 bits per heavy atom. The van der Waals surface area contributed by atoms with Gasteiger partial charge in [-0.2, -0.15) is 0 Å². The van der Waals surface area contributed by atoms with Gasteiger partial charge in [0.05, 0.1) is 33.8 Å². The largest absolute Gasteiger partial charge is 0.472 e. The summed E-state index contributed by atoms with van der Waals surface area (Å²) in [6.45, 7) is 6.99. The molecule has 0 aliphatic carbocycles. The molecular weight excluding hydrogens is 952 g/mol. The lowest BCUT2D eigenvalue weighted by Crippen LogP contribution is -2.47. The molecule has 75 heavy (non-hydrogen) atoms. The quantitative estimate of drug-likeness (QED) is 0.0205. The van der Waals surface area contributed by atoms with Crippen LogP contribution < -0.4 is 5.32 Å². The van der Waals surface area contributed by atoms with E-state index in [4.69, 9.17) is 13.8 Å². The molecule has 0 spiro atoms. The van der Waals surface area contributed by atoms with Gasteiger partial charge in [0.2, 0.25) is 5.91 Å². The monoisotopic (exact) mass is 1070 g/mol. The highest BCUT2D eigenvalue weighted by molar-refractivity contribution is 7.47. The number of phosphoric acid groups is 1. The number of likely N-dealkylation sites (N-methyl/N-ethyl adjacent to an activating group) is 1. The van der Waals surface area contributed by atoms with E-state index in [9.17, 15) is 19.0 Å². The second-order valence-electron chi connectivity index (χ2n) is 22.6. The van der Waals surface area contributed by atoms with Crippen LogP contribution in [0, 0.1) is 0 Å². The van der Waals surface area contributed by atoms with Crippen LogP contribution in [0.25, 0.3) is 0 Å². The van der Waals surface area contributed by atoms with Gasteiger partial charge in [-0.05, 0) is 76.7 Å². The first-order valence-electron chi connectivity index (χ1n) is 31.6. The number of rotatable bonds is 57. The number of nitrogens with zero attached hydrogens (tertiary/aromatic N) is 1. The zero-order valence-corrected chi connectivity index (χ0v) is 50.9. The second kappa shape index (κ2) is 55.0. The van der Waals surface area contributed by atoms with E-state index >= 15 is 0 Å². The molecule has 3 unspecified atom stereocenters. The molecule has 0 aromatic heterocycles. The molecule has 0 aromatic carbocycles. The maximum Gasteiger partial charge on any atom is 0.472 e. The third-order valence-corrected chi connectivity index (χ3v) is 14.9. The fourth-order valence-electron chi connectivity index (χ4n) is 9.04. The minimum Gasteiger partial charge on any atom is -0.456 e. The van der Waals surface area contributed by atoms with Gasteiger partial charge in [0, 0.05) is 12.8 Å². The lowest BCUT2D eigenvalue weighted by Gasteiger charge is -2.27. The van der Waals surface area contributed by atoms with Gasteiger partial charge in [-0.1, -0.05) is 262 Å². The van der Waals surface area contributed by atoms with Crippen molar-refractivity contribution in [2.24, 2.45) is 0 Å². The molecule has 0 heterocycles. The van der Waals surface area contributed by atoms with Crippen LogP contribution in [-0.2, 0) is 27.9 Å². The number of carbonyl (C=O) groups excluding carboxylic acids is 2. The van der Waals surface area contributed by atoms with Crippen molar-refractivity contribution in [3.63, 3.8) is 0 Å². The second-order valence-corrected chi connectivity index (χ2v) is 24.0. The van der Waals surface area contributed by atoms with Crippen LogP contribution >= 0.6 is 7.82 Å². The Bertz CT molecular complexity index is 1470. The van der Waals surface area contributed by atoms with E-state index in [1.54, 1.807) is 0 Å². The van der Waals surface area contributed by atoms with E-state index < -0.39 is 20.0 Å². The van der Waals surface area contributed by atoms with Gasteiger partial charge >= 0.3 is 13.8 Å². The standard InChI is InChI=1S/C65H121N2O7P/c1-7-10-13-16-19-22-25-28-30-31-32-33-34-35-37-39-42-45-48-51-54-57-64(68)66-62(61-73-75(70,71)72-60-59-67(4,5)6)63(56-53-50-47-44-41-38-27-24-21-18-15-12-9-3)74-65(69)58-55-52-49-46-43-40-36-29-26-23-20-17-14-11-8-2/h19,22,28,30,32-33,35,37,53,56,62-63H,7-18,20-21,23-27,29,31,34,36,38-52,54-55,57-61H2,1-6H3,(H-,66,68,70,71)/p+1/b22-19-,30-28-,33-32-,37-35-,56-53-. The van der Waals surface area contributed by atoms with Crippen molar-refractivity contribution in [1.29, 1.82) is 0 Å². The predicted octanol–water partition coefficient (Wildman–Crippen LogP) is 19.4. The van der Waals surface area contributed by atoms with Gasteiger partial charge in [-0.3, -0.25) is 18.6 Å². The Morgan fingerprint density at radius 2 is 0.813 bits per heavy atom. The van der Waals surface area contributed by atoms with E-state index in [2.05, 4.69) is 74.7 Å². The zero-order chi connectivity index (χ0) is 55.0. The summed E-state index contributed by atoms with van der Waals surface area (Å²) in [5.74, 6) is -0.517. The SMILES string of the molecule is CCCCC/C=C\C/C=C\C/C=C\C/C=C\CCCCCCCC(=O)NC(COP(=O)(O)OCC[N+](C)(C)C)C(/C=C\CCCCCCCCCCCCC)OC(=O)CCCCCCCCCCCCCCCCC. The van der Waals surface area contributed by atoms with Gasteiger partial charge in [0.1, 0.15) is 19.3 Å². The highest BCUT2D eigenvalue weighted by Crippen LogP contribution is 2.43. The molecule has 0 aliphatic heterocycles. The van der Waals surface area contributed by atoms with E-state index in [0.29, 0.717) is 17.4 Å². The van der Waals surface area contributed by atoms with Crippen molar-refractivity contribution in [2.45, 2.75) is 303 Å². The number of quaternary nitrogens is 1. The van der Waals surface area contributed by atoms with Crippen LogP contribution in [0.4, 0.5) is 0 Å². The molecule has 0 radical (unpaired) electrons. The normalized spacial score (nSPS) is 14.1. The van der Waals surface area contributed by atoms with Gasteiger partial charge in [-0.15, -0.1) is 0 Å². The Kier molecular flexibility index (Phi) is 53.4. The molecule has 3 atom stereocenters. The summed E-state index contributed by atoms with van der Waals surface area (Å²) < 4.78 is 30.7. The Balaban J connectivity index is 5.29. The van der Waals surface area contributed by atoms with Crippen molar-refractivity contribution in [2.75, 3.05) is 40.9 Å². The summed E-state index contributed by atoms with van der Waals surface area (Å²) in [6.07, 6.45) is 69.2. The summed E-state index contributed by atoms with van der Waals surface area (Å²) in [6, 6.07) is -0.857.